The fourth-order valence-electron chi connectivity index (χ4n) is 4.51. The van der Waals surface area contributed by atoms with Gasteiger partial charge in [0.25, 0.3) is 0 Å². The van der Waals surface area contributed by atoms with Crippen molar-refractivity contribution in [3.63, 3.8) is 0 Å². The molecule has 0 saturated heterocycles. The number of aromatic nitrogens is 1. The molecule has 3 aromatic rings. The van der Waals surface area contributed by atoms with Gasteiger partial charge in [0.05, 0.1) is 0 Å². The Morgan fingerprint density at radius 2 is 1.77 bits per heavy atom. The predicted octanol–water partition coefficient (Wildman–Crippen LogP) is 4.87. The second-order valence-corrected chi connectivity index (χ2v) is 6.31. The number of hydrogen-bond donors (Lipinski definition) is 0. The molecule has 1 saturated carbocycles. The molecule has 0 aliphatic heterocycles. The zero-order valence-electron chi connectivity index (χ0n) is 12.2. The molecule has 2 heteroatoms. The largest absolute Gasteiger partial charge is 0.304 e. The van der Waals surface area contributed by atoms with E-state index < -0.39 is 0 Å². The quantitative estimate of drug-likeness (QED) is 0.434. The van der Waals surface area contributed by atoms with Crippen LogP contribution in [0, 0.1) is 6.07 Å². The molecule has 111 valence electrons. The van der Waals surface area contributed by atoms with E-state index in [1.54, 1.807) is 0 Å². The van der Waals surface area contributed by atoms with E-state index in [0.29, 0.717) is 0 Å². The third-order valence-electron chi connectivity index (χ3n) is 5.37. The average Bonchev–Trinajstić information content (AvgIpc) is 3.03. The Balaban J connectivity index is 0.00000125. The smallest absolute Gasteiger partial charge is 0.0167 e. The summed E-state index contributed by atoms with van der Waals surface area (Å²) in [6.45, 7) is 0. The summed E-state index contributed by atoms with van der Waals surface area (Å²) in [4.78, 5) is 4.70. The predicted molar refractivity (Wildman–Crippen MR) is 85.3 cm³/mol. The molecular weight excluding hydrogens is 446 g/mol. The number of pyridine rings is 1. The van der Waals surface area contributed by atoms with Gasteiger partial charge in [0, 0.05) is 26.3 Å². The van der Waals surface area contributed by atoms with Gasteiger partial charge in [-0.1, -0.05) is 31.0 Å². The Kier molecular flexibility index (Phi) is 3.21. The zero-order valence-corrected chi connectivity index (χ0v) is 14.6. The minimum absolute atomic E-state index is 0. The zero-order chi connectivity index (χ0) is 13.9. The average molecular weight is 463 g/mol. The fourth-order valence-corrected chi connectivity index (χ4v) is 4.51. The van der Waals surface area contributed by atoms with Gasteiger partial charge >= 0.3 is 0 Å². The van der Waals surface area contributed by atoms with Gasteiger partial charge < -0.3 is 4.98 Å². The second kappa shape index (κ2) is 5.01. The maximum Gasteiger partial charge on any atom is 0.0167 e. The first kappa shape index (κ1) is 14.1. The van der Waals surface area contributed by atoms with Gasteiger partial charge in [-0.2, -0.15) is 0 Å². The van der Waals surface area contributed by atoms with E-state index in [1.807, 2.05) is 12.3 Å². The third-order valence-corrected chi connectivity index (χ3v) is 5.37. The third kappa shape index (κ3) is 1.66. The number of benzene rings is 2. The number of nitrogens with zero attached hydrogens (tertiary/aromatic N) is 1. The molecule has 1 aromatic heterocycles. The van der Waals surface area contributed by atoms with Crippen molar-refractivity contribution in [3.8, 4) is 11.3 Å². The molecule has 0 bridgehead atoms. The van der Waals surface area contributed by atoms with E-state index in [2.05, 4.69) is 42.5 Å². The van der Waals surface area contributed by atoms with Crippen molar-refractivity contribution in [3.05, 3.63) is 65.9 Å². The van der Waals surface area contributed by atoms with Crippen LogP contribution in [0.1, 0.15) is 36.8 Å². The molecule has 0 N–H and O–H groups in total. The molecule has 2 aliphatic rings. The number of hydrogen-bond acceptors (Lipinski definition) is 1. The normalized spacial score (nSPS) is 17.3. The molecule has 1 heterocycles. The Morgan fingerprint density at radius 3 is 2.64 bits per heavy atom. The molecule has 1 nitrogen and oxygen atoms in total. The van der Waals surface area contributed by atoms with Crippen LogP contribution in [0.4, 0.5) is 0 Å². The van der Waals surface area contributed by atoms with Gasteiger partial charge in [-0.3, -0.25) is 0 Å². The van der Waals surface area contributed by atoms with Crippen LogP contribution in [-0.4, -0.2) is 4.98 Å². The van der Waals surface area contributed by atoms with E-state index in [1.165, 1.54) is 53.1 Å². The standard InChI is InChI=1S/C20H16N.Ir/c1-2-8-16-15(7-1)19-18-14(10-13-21-19)6-5-9-17(18)20(16)11-3-4-12-20;/h1-2,5-6,8-10,13H,3-4,11-12H2;/q-1;. The molecule has 22 heavy (non-hydrogen) atoms. The molecule has 2 aliphatic carbocycles. The van der Waals surface area contributed by atoms with Crippen LogP contribution in [0.5, 0.6) is 0 Å². The van der Waals surface area contributed by atoms with Crippen LogP contribution in [0.3, 0.4) is 0 Å². The van der Waals surface area contributed by atoms with Crippen LogP contribution < -0.4 is 0 Å². The van der Waals surface area contributed by atoms with E-state index in [9.17, 15) is 0 Å². The summed E-state index contributed by atoms with van der Waals surface area (Å²) < 4.78 is 0. The summed E-state index contributed by atoms with van der Waals surface area (Å²) >= 11 is 0. The maximum absolute atomic E-state index is 4.70. The van der Waals surface area contributed by atoms with Crippen molar-refractivity contribution in [2.45, 2.75) is 31.1 Å². The first-order valence-corrected chi connectivity index (χ1v) is 7.80. The molecule has 2 aromatic carbocycles. The first-order chi connectivity index (χ1) is 10.4. The van der Waals surface area contributed by atoms with Crippen LogP contribution in [0.15, 0.2) is 48.7 Å². The molecule has 0 unspecified atom stereocenters. The Labute approximate surface area is 144 Å². The second-order valence-electron chi connectivity index (χ2n) is 6.31. The van der Waals surface area contributed by atoms with Gasteiger partial charge in [0.1, 0.15) is 0 Å². The Bertz CT molecular complexity index is 857. The fraction of sp³-hybridized carbons (Fsp3) is 0.250. The van der Waals surface area contributed by atoms with Gasteiger partial charge in [-0.15, -0.1) is 35.4 Å². The van der Waals surface area contributed by atoms with Crippen LogP contribution in [0.25, 0.3) is 22.0 Å². The molecule has 0 amide bonds. The van der Waals surface area contributed by atoms with Crippen LogP contribution in [0.2, 0.25) is 0 Å². The van der Waals surface area contributed by atoms with E-state index in [4.69, 9.17) is 4.98 Å². The van der Waals surface area contributed by atoms with E-state index >= 15 is 0 Å². The van der Waals surface area contributed by atoms with Crippen molar-refractivity contribution >= 4 is 10.8 Å². The summed E-state index contributed by atoms with van der Waals surface area (Å²) in [6, 6.07) is 18.8. The summed E-state index contributed by atoms with van der Waals surface area (Å²) in [5.41, 5.74) is 5.48. The van der Waals surface area contributed by atoms with E-state index in [0.717, 1.165) is 5.69 Å². The summed E-state index contributed by atoms with van der Waals surface area (Å²) in [5, 5.41) is 2.67. The summed E-state index contributed by atoms with van der Waals surface area (Å²) in [7, 11) is 0. The first-order valence-electron chi connectivity index (χ1n) is 7.80. The van der Waals surface area contributed by atoms with Gasteiger partial charge in [0.15, 0.2) is 0 Å². The van der Waals surface area contributed by atoms with Crippen LogP contribution in [-0.2, 0) is 25.5 Å². The summed E-state index contributed by atoms with van der Waals surface area (Å²) in [6.07, 6.45) is 7.08. The van der Waals surface area contributed by atoms with Crippen molar-refractivity contribution in [1.29, 1.82) is 0 Å². The van der Waals surface area contributed by atoms with Crippen molar-refractivity contribution in [1.82, 2.24) is 4.98 Å². The Morgan fingerprint density at radius 1 is 0.955 bits per heavy atom. The topological polar surface area (TPSA) is 12.9 Å². The van der Waals surface area contributed by atoms with E-state index in [-0.39, 0.29) is 25.5 Å². The maximum atomic E-state index is 4.70. The monoisotopic (exact) mass is 463 g/mol. The van der Waals surface area contributed by atoms with Crippen molar-refractivity contribution in [2.75, 3.05) is 0 Å². The SMILES string of the molecule is [Ir].[c-]1cccc2c1-c1nccc3cccc(c13)C21CCCC1. The molecule has 1 fully saturated rings. The minimum Gasteiger partial charge on any atom is -0.304 e. The minimum atomic E-state index is 0. The Hall–Kier alpha value is -1.50. The summed E-state index contributed by atoms with van der Waals surface area (Å²) in [5.74, 6) is 0. The molecule has 1 radical (unpaired) electrons. The molecule has 0 atom stereocenters. The van der Waals surface area contributed by atoms with Gasteiger partial charge in [-0.25, -0.2) is 0 Å². The van der Waals surface area contributed by atoms with Crippen LogP contribution >= 0.6 is 0 Å². The van der Waals surface area contributed by atoms with Crippen molar-refractivity contribution in [2.24, 2.45) is 0 Å². The van der Waals surface area contributed by atoms with Gasteiger partial charge in [0.2, 0.25) is 0 Å². The van der Waals surface area contributed by atoms with Crippen molar-refractivity contribution < 1.29 is 20.1 Å². The molecular formula is C20H16IrN-. The van der Waals surface area contributed by atoms with Gasteiger partial charge in [-0.05, 0) is 46.4 Å². The molecule has 1 spiro atoms. The molecule has 5 rings (SSSR count). The number of rotatable bonds is 0. The number of fused-ring (bicyclic) bond motifs is 4.